The van der Waals surface area contributed by atoms with Gasteiger partial charge in [-0.15, -0.1) is 0 Å². The summed E-state index contributed by atoms with van der Waals surface area (Å²) in [4.78, 5) is 11.3. The minimum atomic E-state index is -0.666. The van der Waals surface area contributed by atoms with E-state index in [-0.39, 0.29) is 23.0 Å². The predicted octanol–water partition coefficient (Wildman–Crippen LogP) is 5.26. The Morgan fingerprint density at radius 2 is 1.67 bits per heavy atom. The van der Waals surface area contributed by atoms with Crippen molar-refractivity contribution in [1.29, 1.82) is 0 Å². The van der Waals surface area contributed by atoms with Gasteiger partial charge in [0, 0.05) is 6.42 Å². The van der Waals surface area contributed by atoms with Gasteiger partial charge in [0.05, 0.1) is 12.2 Å². The molecule has 0 saturated heterocycles. The Balaban J connectivity index is 1.57. The number of hydrogen-bond donors (Lipinski definition) is 3. The summed E-state index contributed by atoms with van der Waals surface area (Å²) in [6.07, 6.45) is 11.6. The third-order valence-electron chi connectivity index (χ3n) is 10.7. The van der Waals surface area contributed by atoms with Crippen LogP contribution in [0.5, 0.6) is 0 Å². The van der Waals surface area contributed by atoms with Crippen molar-refractivity contribution in [2.24, 2.45) is 46.3 Å². The molecule has 0 spiro atoms. The fourth-order valence-corrected chi connectivity index (χ4v) is 9.24. The molecule has 0 aromatic rings. The summed E-state index contributed by atoms with van der Waals surface area (Å²) in [7, 11) is 0. The van der Waals surface area contributed by atoms with E-state index in [1.54, 1.807) is 0 Å². The van der Waals surface area contributed by atoms with Crippen LogP contribution in [-0.4, -0.2) is 33.5 Å². The Bertz CT molecular complexity index is 635. The van der Waals surface area contributed by atoms with Crippen LogP contribution in [0, 0.1) is 46.3 Å². The van der Waals surface area contributed by atoms with Gasteiger partial charge in [-0.3, -0.25) is 4.79 Å². The standard InChI is InChI=1S/C26H44O4/c1-4-5-16(6-9-23(29)30)19-7-8-20-24-21(11-13-26(19,20)3)25(2)12-10-18(27)14-17(25)15-22(24)28/h16-22,24,27-28H,4-15H2,1-3H3,(H,29,30)/t16-,17?,18-,19-,20+,21+,22-,24+,25+,26-/m1/s1. The van der Waals surface area contributed by atoms with Crippen molar-refractivity contribution < 1.29 is 20.1 Å². The zero-order chi connectivity index (χ0) is 21.7. The van der Waals surface area contributed by atoms with E-state index in [4.69, 9.17) is 0 Å². The van der Waals surface area contributed by atoms with Gasteiger partial charge in [0.1, 0.15) is 0 Å². The quantitative estimate of drug-likeness (QED) is 0.548. The average molecular weight is 421 g/mol. The molecule has 0 aromatic carbocycles. The largest absolute Gasteiger partial charge is 0.481 e. The topological polar surface area (TPSA) is 77.8 Å². The van der Waals surface area contributed by atoms with Crippen molar-refractivity contribution in [2.75, 3.05) is 0 Å². The Morgan fingerprint density at radius 3 is 2.37 bits per heavy atom. The van der Waals surface area contributed by atoms with Gasteiger partial charge in [0.25, 0.3) is 0 Å². The molecule has 4 aliphatic rings. The molecule has 0 radical (unpaired) electrons. The predicted molar refractivity (Wildman–Crippen MR) is 118 cm³/mol. The second-order valence-electron chi connectivity index (χ2n) is 11.9. The third kappa shape index (κ3) is 3.64. The molecular weight excluding hydrogens is 376 g/mol. The Kier molecular flexibility index (Phi) is 6.31. The molecule has 0 bridgehead atoms. The molecule has 4 nitrogen and oxygen atoms in total. The molecule has 4 fully saturated rings. The number of hydrogen-bond acceptors (Lipinski definition) is 3. The number of carboxylic acids is 1. The zero-order valence-corrected chi connectivity index (χ0v) is 19.4. The highest BCUT2D eigenvalue weighted by molar-refractivity contribution is 5.66. The number of aliphatic hydroxyl groups is 2. The van der Waals surface area contributed by atoms with E-state index in [1.165, 1.54) is 25.7 Å². The highest BCUT2D eigenvalue weighted by Crippen LogP contribution is 2.68. The van der Waals surface area contributed by atoms with Crippen molar-refractivity contribution in [3.05, 3.63) is 0 Å². The summed E-state index contributed by atoms with van der Waals surface area (Å²) < 4.78 is 0. The van der Waals surface area contributed by atoms with E-state index in [2.05, 4.69) is 20.8 Å². The lowest BCUT2D eigenvalue weighted by molar-refractivity contribution is -0.174. The van der Waals surface area contributed by atoms with Gasteiger partial charge < -0.3 is 15.3 Å². The molecule has 4 heteroatoms. The van der Waals surface area contributed by atoms with Crippen molar-refractivity contribution in [3.8, 4) is 0 Å². The Labute approximate surface area is 182 Å². The van der Waals surface area contributed by atoms with E-state index in [0.717, 1.165) is 44.9 Å². The van der Waals surface area contributed by atoms with Crippen LogP contribution in [0.25, 0.3) is 0 Å². The first-order valence-corrected chi connectivity index (χ1v) is 12.8. The highest BCUT2D eigenvalue weighted by atomic mass is 16.4. The number of carboxylic acid groups (broad SMARTS) is 1. The van der Waals surface area contributed by atoms with E-state index in [9.17, 15) is 20.1 Å². The van der Waals surface area contributed by atoms with E-state index < -0.39 is 5.97 Å². The molecule has 30 heavy (non-hydrogen) atoms. The van der Waals surface area contributed by atoms with Crippen LogP contribution in [0.2, 0.25) is 0 Å². The molecule has 0 aromatic heterocycles. The highest BCUT2D eigenvalue weighted by Gasteiger charge is 2.63. The maximum absolute atomic E-state index is 11.4. The van der Waals surface area contributed by atoms with Crippen molar-refractivity contribution in [2.45, 2.75) is 110 Å². The van der Waals surface area contributed by atoms with E-state index in [0.29, 0.717) is 41.9 Å². The second-order valence-corrected chi connectivity index (χ2v) is 11.9. The minimum Gasteiger partial charge on any atom is -0.481 e. The molecule has 1 unspecified atom stereocenters. The van der Waals surface area contributed by atoms with Crippen LogP contribution in [0.4, 0.5) is 0 Å². The second kappa shape index (κ2) is 8.39. The SMILES string of the molecule is CCC[C@H](CCC(=O)O)[C@H]1CC[C@H]2[C@@H]3[C@H](O)CC4C[C@H](O)CC[C@]4(C)[C@H]3CC[C@]12C. The monoisotopic (exact) mass is 420 g/mol. The van der Waals surface area contributed by atoms with Gasteiger partial charge in [0.15, 0.2) is 0 Å². The van der Waals surface area contributed by atoms with Crippen molar-refractivity contribution in [3.63, 3.8) is 0 Å². The van der Waals surface area contributed by atoms with Gasteiger partial charge in [-0.1, -0.05) is 33.6 Å². The summed E-state index contributed by atoms with van der Waals surface area (Å²) >= 11 is 0. The number of fused-ring (bicyclic) bond motifs is 5. The fourth-order valence-electron chi connectivity index (χ4n) is 9.24. The summed E-state index contributed by atoms with van der Waals surface area (Å²) in [5, 5.41) is 30.9. The summed E-state index contributed by atoms with van der Waals surface area (Å²) in [5.41, 5.74) is 0.520. The molecule has 4 rings (SSSR count). The summed E-state index contributed by atoms with van der Waals surface area (Å²) in [6.45, 7) is 7.18. The summed E-state index contributed by atoms with van der Waals surface area (Å²) in [6, 6.07) is 0. The molecule has 172 valence electrons. The van der Waals surface area contributed by atoms with Crippen LogP contribution in [0.3, 0.4) is 0 Å². The molecule has 3 N–H and O–H groups in total. The van der Waals surface area contributed by atoms with Gasteiger partial charge in [-0.25, -0.2) is 0 Å². The third-order valence-corrected chi connectivity index (χ3v) is 10.7. The average Bonchev–Trinajstić information content (AvgIpc) is 3.03. The molecule has 10 atom stereocenters. The fraction of sp³-hybridized carbons (Fsp3) is 0.962. The van der Waals surface area contributed by atoms with Gasteiger partial charge >= 0.3 is 5.97 Å². The van der Waals surface area contributed by atoms with E-state index in [1.807, 2.05) is 0 Å². The molecule has 4 saturated carbocycles. The lowest BCUT2D eigenvalue weighted by Gasteiger charge is -2.62. The maximum Gasteiger partial charge on any atom is 0.303 e. The first-order chi connectivity index (χ1) is 14.2. The van der Waals surface area contributed by atoms with Gasteiger partial charge in [-0.05, 0) is 104 Å². The number of rotatable bonds is 6. The molecule has 0 heterocycles. The van der Waals surface area contributed by atoms with Gasteiger partial charge in [0.2, 0.25) is 0 Å². The molecular formula is C26H44O4. The van der Waals surface area contributed by atoms with Crippen LogP contribution < -0.4 is 0 Å². The molecule has 4 aliphatic carbocycles. The minimum absolute atomic E-state index is 0.180. The molecule has 0 aliphatic heterocycles. The van der Waals surface area contributed by atoms with Crippen LogP contribution >= 0.6 is 0 Å². The van der Waals surface area contributed by atoms with E-state index >= 15 is 0 Å². The number of aliphatic carboxylic acids is 1. The number of carbonyl (C=O) groups is 1. The van der Waals surface area contributed by atoms with Crippen molar-refractivity contribution in [1.82, 2.24) is 0 Å². The zero-order valence-electron chi connectivity index (χ0n) is 19.4. The maximum atomic E-state index is 11.4. The Morgan fingerprint density at radius 1 is 0.967 bits per heavy atom. The first-order valence-electron chi connectivity index (χ1n) is 12.8. The molecule has 0 amide bonds. The number of aliphatic hydroxyl groups excluding tert-OH is 2. The van der Waals surface area contributed by atoms with Crippen molar-refractivity contribution >= 4 is 5.97 Å². The first kappa shape index (κ1) is 22.6. The van der Waals surface area contributed by atoms with Gasteiger partial charge in [-0.2, -0.15) is 0 Å². The van der Waals surface area contributed by atoms with Crippen LogP contribution in [0.1, 0.15) is 97.8 Å². The van der Waals surface area contributed by atoms with Crippen LogP contribution in [0.15, 0.2) is 0 Å². The normalized spacial score (nSPS) is 49.0. The smallest absolute Gasteiger partial charge is 0.303 e. The lowest BCUT2D eigenvalue weighted by Crippen LogP contribution is -2.58. The van der Waals surface area contributed by atoms with Crippen LogP contribution in [-0.2, 0) is 4.79 Å². The Hall–Kier alpha value is -0.610. The summed E-state index contributed by atoms with van der Waals surface area (Å²) in [5.74, 6) is 2.46. The lowest BCUT2D eigenvalue weighted by atomic mass is 9.43.